The van der Waals surface area contributed by atoms with Gasteiger partial charge in [0.05, 0.1) is 54.7 Å². The van der Waals surface area contributed by atoms with Crippen LogP contribution in [0.5, 0.6) is 0 Å². The molecule has 5 saturated heterocycles. The summed E-state index contributed by atoms with van der Waals surface area (Å²) in [6.45, 7) is 56.1. The Morgan fingerprint density at radius 3 is 1.10 bits per heavy atom. The van der Waals surface area contributed by atoms with Crippen LogP contribution in [0.3, 0.4) is 0 Å². The monoisotopic (exact) mass is 2260 g/mol. The van der Waals surface area contributed by atoms with Gasteiger partial charge < -0.3 is 89.5 Å². The van der Waals surface area contributed by atoms with Gasteiger partial charge in [0.15, 0.2) is 0 Å². The van der Waals surface area contributed by atoms with Gasteiger partial charge in [0, 0.05) is 97.0 Å². The third kappa shape index (κ3) is 56.1. The third-order valence-electron chi connectivity index (χ3n) is 24.2. The van der Waals surface area contributed by atoms with Crippen molar-refractivity contribution >= 4 is 209 Å². The van der Waals surface area contributed by atoms with E-state index in [4.69, 9.17) is 74.5 Å². The van der Waals surface area contributed by atoms with E-state index in [2.05, 4.69) is 202 Å². The number of aldehydes is 1. The van der Waals surface area contributed by atoms with Crippen molar-refractivity contribution in [3.05, 3.63) is 170 Å². The van der Waals surface area contributed by atoms with Crippen molar-refractivity contribution in [2.45, 2.75) is 436 Å². The fraction of sp³-hybridized carbons (Fsp3) is 0.657. The number of carbonyl (C=O) groups is 1. The summed E-state index contributed by atoms with van der Waals surface area (Å²) in [5, 5.41) is 22.9. The molecule has 9 aromatic rings. The second-order valence-corrected chi connectivity index (χ2v) is 50.4. The van der Waals surface area contributed by atoms with E-state index in [0.29, 0.717) is 11.8 Å². The number of aliphatic hydroxyl groups excluding tert-OH is 1. The maximum Gasteiger partial charge on any atom is 2.00 e. The molecule has 13 nitrogen and oxygen atoms in total. The summed E-state index contributed by atoms with van der Waals surface area (Å²) in [6.07, 6.45) is 38.7. The first-order valence-electron chi connectivity index (χ1n) is 50.7. The molecule has 0 aromatic carbocycles. The van der Waals surface area contributed by atoms with Crippen molar-refractivity contribution in [2.75, 3.05) is 25.0 Å². The van der Waals surface area contributed by atoms with Crippen LogP contribution in [0.25, 0.3) is 19.5 Å². The molecule has 31 heteroatoms. The molecule has 0 aliphatic carbocycles. The largest absolute Gasteiger partial charge is 2.00 e. The maximum absolute atomic E-state index is 9.68. The van der Waals surface area contributed by atoms with Crippen molar-refractivity contribution in [2.24, 2.45) is 0 Å². The zero-order valence-electron chi connectivity index (χ0n) is 89.7. The minimum absolute atomic E-state index is 0. The quantitative estimate of drug-likeness (QED) is 0.0129. The summed E-state index contributed by atoms with van der Waals surface area (Å²) in [6, 6.07) is 38.5. The Bertz CT molecular complexity index is 4200. The van der Waals surface area contributed by atoms with Gasteiger partial charge in [0.2, 0.25) is 0 Å². The van der Waals surface area contributed by atoms with Gasteiger partial charge in [-0.05, 0) is 314 Å². The molecule has 0 radical (unpaired) electrons. The average Bonchev–Trinajstić information content (AvgIpc) is 1.64. The van der Waals surface area contributed by atoms with E-state index in [1.54, 1.807) is 55.1 Å². The summed E-state index contributed by atoms with van der Waals surface area (Å²) in [7, 11) is -1.50. The van der Waals surface area contributed by atoms with Crippen LogP contribution in [0.4, 0.5) is 0 Å². The molecule has 1 N–H and O–H groups in total. The van der Waals surface area contributed by atoms with Crippen molar-refractivity contribution in [1.29, 1.82) is 0 Å². The van der Waals surface area contributed by atoms with Gasteiger partial charge in [-0.15, -0.1) is 119 Å². The zero-order chi connectivity index (χ0) is 102. The number of ether oxygens (including phenoxy) is 1. The van der Waals surface area contributed by atoms with E-state index in [-0.39, 0.29) is 117 Å². The first kappa shape index (κ1) is 136. The Kier molecular flexibility index (Phi) is 74.1. The van der Waals surface area contributed by atoms with Crippen molar-refractivity contribution in [3.8, 4) is 19.5 Å². The van der Waals surface area contributed by atoms with Crippen LogP contribution in [-0.4, -0.2) is 145 Å². The Labute approximate surface area is 927 Å². The topological polar surface area (TPSA) is 139 Å². The first-order chi connectivity index (χ1) is 65.1. The van der Waals surface area contributed by atoms with E-state index < -0.39 is 14.6 Å². The number of hydrogen-bond donors (Lipinski definition) is 1. The predicted molar refractivity (Wildman–Crippen MR) is 617 cm³/mol. The molecule has 9 aromatic heterocycles. The predicted octanol–water partition coefficient (Wildman–Crippen LogP) is 31.6. The van der Waals surface area contributed by atoms with Gasteiger partial charge >= 0.3 is 51.9 Å². The van der Waals surface area contributed by atoms with Crippen LogP contribution >= 0.6 is 141 Å². The van der Waals surface area contributed by atoms with Crippen molar-refractivity contribution < 1.29 is 78.2 Å². The Morgan fingerprint density at radius 2 is 0.763 bits per heavy atom. The molecule has 5 fully saturated rings. The molecule has 14 heterocycles. The summed E-state index contributed by atoms with van der Waals surface area (Å²) in [5.41, 5.74) is -2.25. The summed E-state index contributed by atoms with van der Waals surface area (Å²) >= 11 is 29.6. The number of alkyl halides is 2. The standard InChI is InChI=1S/C20H29BO2S2.C16H27BO2S.C14H18S2.C10H16OS.C10H16S.2C9H19BO3.C6H12O.C4H3BrS.C4H8O.C4H3S.C2H4Cl2.BrH.Mg/c1-6-7-8-9-10-15-11-12-16(24-15)17-13-14-18(25-17)21-22-19(2,3)20(4,5)23-21;1-6-7-8-9-10-13-11-12-14(20-13)17-18-15(2,3)16(4,5)19-17;1-2-3-4-5-7-12-9-10-14(16-12)13-8-6-11-15-13;1-2-3-4-6-9(11)10-7-5-8-12-10;1-2-3-4-5-7-10-8-6-9-11-10;2*1-7(2)11-10-12-8(3,4)9(5,6)13-10;1-2-3-4-5-6-7;5-4-2-1-3-6-4;2*1-2-4-5-3-1;3-1-2-4;;/h11-14H,6-10H2,1-5H3;11-12H,6-10H2,1-5H3;6,8-11H,2-5,7H2,1H3;5,7-9,11H,2-4,6H2,1H3;6,8-9H,2-5,7H2,1H3;2*7H,1-6H3;6H,2-5H2,1H3;1-3H;1-4H2;1-3H;1-2H2;1H;/q;;;;;;;;;;-1;;;+2/p-1. The van der Waals surface area contributed by atoms with Gasteiger partial charge in [-0.2, -0.15) is 11.4 Å². The molecule has 780 valence electrons. The summed E-state index contributed by atoms with van der Waals surface area (Å²) in [4.78, 5) is 22.3. The molecular weight excluding hydrogens is 2090 g/mol. The Morgan fingerprint density at radius 1 is 0.403 bits per heavy atom. The maximum atomic E-state index is 9.68. The minimum Gasteiger partial charge on any atom is -1.00 e. The van der Waals surface area contributed by atoms with Crippen LogP contribution in [0, 0.1) is 5.38 Å². The van der Waals surface area contributed by atoms with E-state index in [1.807, 2.05) is 192 Å². The number of halogens is 4. The minimum atomic E-state index is -0.523. The van der Waals surface area contributed by atoms with Crippen LogP contribution in [-0.2, 0) is 81.8 Å². The van der Waals surface area contributed by atoms with E-state index in [1.165, 1.54) is 205 Å². The van der Waals surface area contributed by atoms with Crippen LogP contribution < -0.4 is 26.5 Å². The smallest absolute Gasteiger partial charge is 1.00 e. The number of rotatable bonds is 38. The van der Waals surface area contributed by atoms with Gasteiger partial charge in [0.25, 0.3) is 0 Å². The number of aryl methyl sites for hydroxylation is 4. The average molecular weight is 2270 g/mol. The molecule has 0 spiro atoms. The molecule has 0 amide bonds. The molecule has 14 rings (SSSR count). The fourth-order valence-electron chi connectivity index (χ4n) is 13.0. The SMILES string of the molecule is Brc1cccs1.C1CCOC1.CC(C)OB1OC(C)(C)C(C)(C)O1.CC(C)OB1OC(C)(C)C(C)(C)O1.CCCCCC(O)c1cccs1.CCCCCC=O.CCCCCCc1ccc(-c2ccc(B3OC(C)(C)C(C)(C)O3)s2)s1.CCCCCCc1ccc(-c2cccs2)s1.CCCCCCc1ccc(B2OC(C)(C)C(C)(C)O2)s1.CCCCCCc1cccs1.ClCCCl.[Br-].[Mg+2].[c-]1cccs1. The molecule has 0 bridgehead atoms. The molecule has 5 aliphatic rings. The van der Waals surface area contributed by atoms with Gasteiger partial charge in [-0.25, -0.2) is 6.07 Å². The zero-order valence-corrected chi connectivity index (χ0v) is 103. The number of aliphatic hydroxyl groups is 1. The molecule has 139 heavy (non-hydrogen) atoms. The fourth-order valence-corrected chi connectivity index (χ4v) is 20.9. The summed E-state index contributed by atoms with van der Waals surface area (Å²) in [5.74, 6) is 1.11. The first-order valence-corrected chi connectivity index (χ1v) is 60.2. The summed E-state index contributed by atoms with van der Waals surface area (Å²) < 4.78 is 66.4. The second-order valence-electron chi connectivity index (χ2n) is 39.0. The van der Waals surface area contributed by atoms with Crippen molar-refractivity contribution in [1.82, 2.24) is 0 Å². The molecule has 1 atom stereocenters. The van der Waals surface area contributed by atoms with Crippen LogP contribution in [0.1, 0.15) is 377 Å². The molecular formula is C108H174B4Br2Cl2MgO13S9. The van der Waals surface area contributed by atoms with Crippen LogP contribution in [0.15, 0.2) is 140 Å². The number of carbonyl (C=O) groups excluding carboxylic acids is 1. The van der Waals surface area contributed by atoms with E-state index >= 15 is 0 Å². The molecule has 0 saturated carbocycles. The number of thiophene rings is 9. The van der Waals surface area contributed by atoms with Crippen LogP contribution in [0.2, 0.25) is 0 Å². The normalized spacial score (nSPS) is 16.5. The Balaban J connectivity index is 0.000000782. The third-order valence-corrected chi connectivity index (χ3v) is 34.5. The Hall–Kier alpha value is -0.944. The number of hydrogen-bond acceptors (Lipinski definition) is 22. The number of unbranched alkanes of at least 4 members (excludes halogenated alkanes) is 17. The molecule has 5 aliphatic heterocycles. The van der Waals surface area contributed by atoms with Gasteiger partial charge in [-0.1, -0.05) is 187 Å². The van der Waals surface area contributed by atoms with E-state index in [9.17, 15) is 9.90 Å². The van der Waals surface area contributed by atoms with Gasteiger partial charge in [-0.3, -0.25) is 0 Å². The second kappa shape index (κ2) is 75.7. The van der Waals surface area contributed by atoms with Crippen molar-refractivity contribution in [3.63, 3.8) is 0 Å². The molecule has 1 unspecified atom stereocenters. The van der Waals surface area contributed by atoms with E-state index in [0.717, 1.165) is 54.8 Å². The van der Waals surface area contributed by atoms with Gasteiger partial charge in [0.1, 0.15) is 6.29 Å².